The first kappa shape index (κ1) is 41.6. The van der Waals surface area contributed by atoms with Crippen molar-refractivity contribution in [2.45, 2.75) is 95.3 Å². The van der Waals surface area contributed by atoms with Gasteiger partial charge in [-0.2, -0.15) is 0 Å². The van der Waals surface area contributed by atoms with E-state index >= 15 is 0 Å². The lowest BCUT2D eigenvalue weighted by atomic mass is 9.47. The molecular weight excluding hydrogens is 702 g/mol. The van der Waals surface area contributed by atoms with Gasteiger partial charge in [0.2, 0.25) is 23.6 Å². The second-order valence-corrected chi connectivity index (χ2v) is 15.2. The van der Waals surface area contributed by atoms with Crippen molar-refractivity contribution in [1.29, 1.82) is 0 Å². The maximum Gasteiger partial charge on any atom is 0.311 e. The van der Waals surface area contributed by atoms with Crippen molar-refractivity contribution in [2.24, 2.45) is 23.0 Å². The summed E-state index contributed by atoms with van der Waals surface area (Å²) in [5, 5.41) is 21.3. The molecule has 4 saturated carbocycles. The third-order valence-corrected chi connectivity index (χ3v) is 11.1. The number of amides is 4. The van der Waals surface area contributed by atoms with E-state index in [-0.39, 0.29) is 55.9 Å². The van der Waals surface area contributed by atoms with E-state index in [4.69, 9.17) is 15.2 Å². The number of phenols is 1. The lowest BCUT2D eigenvalue weighted by Gasteiger charge is -2.60. The number of carbonyl (C=O) groups excluding carboxylic acids is 5. The number of benzene rings is 2. The molecule has 53 heavy (non-hydrogen) atoms. The average Bonchev–Trinajstić information content (AvgIpc) is 3.09. The Morgan fingerprint density at radius 2 is 1.53 bits per heavy atom. The minimum Gasteiger partial charge on any atom is -0.508 e. The standard InChI is InChI=1S/C39H53N5O8.ClH/c1-23-12-28(45)13-24(2)29(23)16-30(40)34(47)43-31(10-11-51-3)35(48)41-21-33(46)42-32(15-25-8-6-5-7-9-25)36(49)44-39-19-26-14-27(20-39)18-38(17-26,22-39)37(50)52-4;/h5-9,12-13,26-27,30-32,45H,10-11,14-22,40H2,1-4H3,(H,41,48)(H,42,46)(H,43,47)(H,44,49);1H/t26?,27?,30-,31-,32-,38?,39?;/m0./s1. The number of aromatic hydroxyl groups is 1. The Hall–Kier alpha value is -4.20. The maximum atomic E-state index is 14.0. The molecule has 0 heterocycles. The molecule has 13 nitrogen and oxygen atoms in total. The van der Waals surface area contributed by atoms with Crippen LogP contribution in [0.4, 0.5) is 0 Å². The molecule has 2 unspecified atom stereocenters. The highest BCUT2D eigenvalue weighted by Gasteiger charge is 2.61. The van der Waals surface area contributed by atoms with Gasteiger partial charge in [-0.05, 0) is 111 Å². The zero-order chi connectivity index (χ0) is 37.6. The summed E-state index contributed by atoms with van der Waals surface area (Å²) in [5.74, 6) is -1.52. The predicted octanol–water partition coefficient (Wildman–Crippen LogP) is 2.29. The number of halogens is 1. The molecule has 0 spiro atoms. The topological polar surface area (TPSA) is 198 Å². The molecule has 7 N–H and O–H groups in total. The van der Waals surface area contributed by atoms with Gasteiger partial charge < -0.3 is 41.6 Å². The van der Waals surface area contributed by atoms with Crippen molar-refractivity contribution in [3.63, 3.8) is 0 Å². The van der Waals surface area contributed by atoms with Gasteiger partial charge in [0.05, 0.1) is 25.1 Å². The molecule has 2 aromatic carbocycles. The number of hydrogen-bond acceptors (Lipinski definition) is 9. The average molecular weight is 756 g/mol. The molecule has 290 valence electrons. The molecule has 14 heteroatoms. The van der Waals surface area contributed by atoms with Crippen LogP contribution in [0.5, 0.6) is 5.75 Å². The second kappa shape index (κ2) is 17.7. The monoisotopic (exact) mass is 755 g/mol. The number of esters is 1. The molecule has 0 aliphatic heterocycles. The van der Waals surface area contributed by atoms with E-state index in [0.29, 0.717) is 18.3 Å². The number of aryl methyl sites for hydroxylation is 2. The summed E-state index contributed by atoms with van der Waals surface area (Å²) in [7, 11) is 2.89. The Morgan fingerprint density at radius 1 is 0.887 bits per heavy atom. The van der Waals surface area contributed by atoms with Crippen LogP contribution < -0.4 is 27.0 Å². The SMILES string of the molecule is COCC[C@H](NC(=O)[C@@H](N)Cc1c(C)cc(O)cc1C)C(=O)NCC(=O)N[C@@H](Cc1ccccc1)C(=O)NC12CC3CC(C1)CC(C(=O)OC)(C3)C2.Cl. The van der Waals surface area contributed by atoms with Gasteiger partial charge in [0.1, 0.15) is 17.8 Å². The Kier molecular flexibility index (Phi) is 13.9. The van der Waals surface area contributed by atoms with Crippen LogP contribution in [0.25, 0.3) is 0 Å². The molecule has 4 bridgehead atoms. The number of hydrogen-bond donors (Lipinski definition) is 6. The number of rotatable bonds is 16. The summed E-state index contributed by atoms with van der Waals surface area (Å²) in [6, 6.07) is 9.60. The fourth-order valence-electron chi connectivity index (χ4n) is 9.20. The summed E-state index contributed by atoms with van der Waals surface area (Å²) in [6.07, 6.45) is 5.21. The Morgan fingerprint density at radius 3 is 2.13 bits per heavy atom. The van der Waals surface area contributed by atoms with Crippen LogP contribution in [0.2, 0.25) is 0 Å². The van der Waals surface area contributed by atoms with Crippen molar-refractivity contribution in [1.82, 2.24) is 21.3 Å². The summed E-state index contributed by atoms with van der Waals surface area (Å²) in [4.78, 5) is 66.8. The second-order valence-electron chi connectivity index (χ2n) is 15.2. The van der Waals surface area contributed by atoms with Crippen molar-refractivity contribution in [2.75, 3.05) is 27.4 Å². The number of nitrogens with one attached hydrogen (secondary N) is 4. The van der Waals surface area contributed by atoms with Crippen LogP contribution in [0, 0.1) is 31.1 Å². The molecule has 4 amide bonds. The number of methoxy groups -OCH3 is 2. The van der Waals surface area contributed by atoms with E-state index in [9.17, 15) is 29.1 Å². The third kappa shape index (κ3) is 10.1. The Balaban J connectivity index is 0.00000627. The van der Waals surface area contributed by atoms with Crippen LogP contribution >= 0.6 is 12.4 Å². The number of phenolic OH excluding ortho intramolecular Hbond substituents is 1. The highest BCUT2D eigenvalue weighted by Crippen LogP contribution is 2.62. The highest BCUT2D eigenvalue weighted by atomic mass is 35.5. The third-order valence-electron chi connectivity index (χ3n) is 11.1. The largest absolute Gasteiger partial charge is 0.508 e. The number of nitrogens with two attached hydrogens (primary N) is 1. The normalized spacial score (nSPS) is 24.2. The highest BCUT2D eigenvalue weighted by molar-refractivity contribution is 5.93. The molecule has 0 radical (unpaired) electrons. The smallest absolute Gasteiger partial charge is 0.311 e. The minimum atomic E-state index is -1.03. The first-order chi connectivity index (χ1) is 24.7. The van der Waals surface area contributed by atoms with E-state index < -0.39 is 53.3 Å². The molecule has 4 aliphatic carbocycles. The first-order valence-corrected chi connectivity index (χ1v) is 18.1. The van der Waals surface area contributed by atoms with Gasteiger partial charge in [-0.15, -0.1) is 12.4 Å². The molecule has 0 aromatic heterocycles. The van der Waals surface area contributed by atoms with Crippen molar-refractivity contribution in [3.8, 4) is 5.75 Å². The fraction of sp³-hybridized carbons (Fsp3) is 0.564. The summed E-state index contributed by atoms with van der Waals surface area (Å²) >= 11 is 0. The van der Waals surface area contributed by atoms with Crippen LogP contribution in [-0.4, -0.2) is 85.7 Å². The van der Waals surface area contributed by atoms with E-state index in [1.165, 1.54) is 14.2 Å². The van der Waals surface area contributed by atoms with Crippen LogP contribution in [0.3, 0.4) is 0 Å². The predicted molar refractivity (Wildman–Crippen MR) is 200 cm³/mol. The maximum absolute atomic E-state index is 14.0. The lowest BCUT2D eigenvalue weighted by molar-refractivity contribution is -0.173. The van der Waals surface area contributed by atoms with Gasteiger partial charge in [0.25, 0.3) is 0 Å². The van der Waals surface area contributed by atoms with E-state index in [1.54, 1.807) is 12.1 Å². The molecule has 2 aromatic rings. The minimum absolute atomic E-state index is 0. The van der Waals surface area contributed by atoms with Gasteiger partial charge in [0, 0.05) is 25.7 Å². The van der Waals surface area contributed by atoms with Crippen LogP contribution in [0.15, 0.2) is 42.5 Å². The van der Waals surface area contributed by atoms with Crippen LogP contribution in [-0.2, 0) is 46.3 Å². The van der Waals surface area contributed by atoms with Gasteiger partial charge in [0.15, 0.2) is 0 Å². The quantitative estimate of drug-likeness (QED) is 0.139. The molecule has 4 fully saturated rings. The van der Waals surface area contributed by atoms with E-state index in [0.717, 1.165) is 54.4 Å². The fourth-order valence-corrected chi connectivity index (χ4v) is 9.20. The summed E-state index contributed by atoms with van der Waals surface area (Å²) < 4.78 is 10.4. The van der Waals surface area contributed by atoms with Crippen molar-refractivity contribution >= 4 is 42.0 Å². The zero-order valence-corrected chi connectivity index (χ0v) is 31.8. The molecule has 6 rings (SSSR count). The molecule has 0 saturated heterocycles. The van der Waals surface area contributed by atoms with E-state index in [2.05, 4.69) is 21.3 Å². The Bertz CT molecular complexity index is 1620. The van der Waals surface area contributed by atoms with Gasteiger partial charge in [-0.3, -0.25) is 24.0 Å². The summed E-state index contributed by atoms with van der Waals surface area (Å²) in [5.41, 5.74) is 8.35. The van der Waals surface area contributed by atoms with Gasteiger partial charge in [-0.1, -0.05) is 30.3 Å². The first-order valence-electron chi connectivity index (χ1n) is 18.1. The lowest BCUT2D eigenvalue weighted by Crippen LogP contribution is -2.67. The number of ether oxygens (including phenoxy) is 2. The Labute approximate surface area is 317 Å². The van der Waals surface area contributed by atoms with Crippen LogP contribution in [0.1, 0.15) is 67.2 Å². The van der Waals surface area contributed by atoms with Crippen molar-refractivity contribution < 1.29 is 38.6 Å². The van der Waals surface area contributed by atoms with Crippen molar-refractivity contribution in [3.05, 3.63) is 64.7 Å². The summed E-state index contributed by atoms with van der Waals surface area (Å²) in [6.45, 7) is 3.37. The van der Waals surface area contributed by atoms with E-state index in [1.807, 2.05) is 44.2 Å². The number of carbonyl (C=O) groups is 5. The zero-order valence-electron chi connectivity index (χ0n) is 31.0. The van der Waals surface area contributed by atoms with Gasteiger partial charge >= 0.3 is 5.97 Å². The molecular formula is C39H54ClN5O8. The molecule has 4 aliphatic rings. The van der Waals surface area contributed by atoms with Gasteiger partial charge in [-0.25, -0.2) is 0 Å². The molecule has 5 atom stereocenters.